The van der Waals surface area contributed by atoms with E-state index in [9.17, 15) is 28.1 Å². The molecule has 1 aromatic rings. The topological polar surface area (TPSA) is 81.5 Å². The molecule has 0 fully saturated rings. The summed E-state index contributed by atoms with van der Waals surface area (Å²) in [7, 11) is 1.21. The Balaban J connectivity index is 3.30. The van der Waals surface area contributed by atoms with Gasteiger partial charge >= 0.3 is 17.8 Å². The molecule has 0 saturated heterocycles. The average molecular weight is 320 g/mol. The number of methoxy groups -OCH3 is 1. The zero-order valence-corrected chi connectivity index (χ0v) is 12.4. The maximum Gasteiger partial charge on any atom is 0.471 e. The van der Waals surface area contributed by atoms with Gasteiger partial charge in [-0.1, -0.05) is 0 Å². The molecule has 0 radical (unpaired) electrons. The summed E-state index contributed by atoms with van der Waals surface area (Å²) in [5.41, 5.74) is -1.05. The van der Waals surface area contributed by atoms with Gasteiger partial charge in [0.2, 0.25) is 0 Å². The Morgan fingerprint density at radius 1 is 1.32 bits per heavy atom. The van der Waals surface area contributed by atoms with Crippen LogP contribution in [0.2, 0.25) is 0 Å². The number of nitro groups is 1. The highest BCUT2D eigenvalue weighted by Gasteiger charge is 2.42. The molecular formula is C13H15F3N2O4. The lowest BCUT2D eigenvalue weighted by Crippen LogP contribution is -2.47. The van der Waals surface area contributed by atoms with Gasteiger partial charge in [0.15, 0.2) is 5.75 Å². The van der Waals surface area contributed by atoms with Gasteiger partial charge in [-0.05, 0) is 38.0 Å². The molecule has 0 saturated carbocycles. The summed E-state index contributed by atoms with van der Waals surface area (Å²) in [6.07, 6.45) is -5.02. The van der Waals surface area contributed by atoms with Crippen molar-refractivity contribution in [2.75, 3.05) is 7.11 Å². The molecule has 0 aliphatic carbocycles. The number of carbonyl (C=O) groups is 1. The number of hydrogen-bond acceptors (Lipinski definition) is 4. The molecule has 0 spiro atoms. The molecule has 0 unspecified atom stereocenters. The molecule has 0 aliphatic rings. The largest absolute Gasteiger partial charge is 0.490 e. The highest BCUT2D eigenvalue weighted by Crippen LogP contribution is 2.35. The molecule has 0 bridgehead atoms. The molecule has 1 aromatic carbocycles. The van der Waals surface area contributed by atoms with E-state index in [1.54, 1.807) is 0 Å². The Morgan fingerprint density at radius 3 is 2.27 bits per heavy atom. The van der Waals surface area contributed by atoms with Crippen molar-refractivity contribution >= 4 is 11.6 Å². The third kappa shape index (κ3) is 3.66. The number of hydrogen-bond donors (Lipinski definition) is 1. The minimum atomic E-state index is -5.02. The van der Waals surface area contributed by atoms with Gasteiger partial charge in [0.1, 0.15) is 0 Å². The molecule has 6 nitrogen and oxygen atoms in total. The number of rotatable bonds is 4. The second-order valence-corrected chi connectivity index (χ2v) is 5.17. The van der Waals surface area contributed by atoms with E-state index in [0.717, 1.165) is 0 Å². The fourth-order valence-corrected chi connectivity index (χ4v) is 2.07. The Hall–Kier alpha value is -2.32. The number of carbonyl (C=O) groups excluding carboxylic acids is 1. The third-order valence-electron chi connectivity index (χ3n) is 3.08. The molecule has 0 heterocycles. The molecule has 122 valence electrons. The number of benzene rings is 1. The van der Waals surface area contributed by atoms with E-state index in [1.807, 2.05) is 5.32 Å². The van der Waals surface area contributed by atoms with E-state index in [-0.39, 0.29) is 17.0 Å². The SMILES string of the molecule is COc1cc(C(C)(C)NC(=O)C(F)(F)F)c(C)cc1[N+](=O)[O-]. The summed E-state index contributed by atoms with van der Waals surface area (Å²) < 4.78 is 42.0. The number of ether oxygens (including phenoxy) is 1. The van der Waals surface area contributed by atoms with Crippen LogP contribution in [-0.4, -0.2) is 24.1 Å². The minimum absolute atomic E-state index is 0.0973. The molecule has 1 N–H and O–H groups in total. The van der Waals surface area contributed by atoms with Crippen molar-refractivity contribution in [2.45, 2.75) is 32.5 Å². The van der Waals surface area contributed by atoms with Crippen LogP contribution in [0.3, 0.4) is 0 Å². The fourth-order valence-electron chi connectivity index (χ4n) is 2.07. The van der Waals surface area contributed by atoms with Crippen LogP contribution in [-0.2, 0) is 10.3 Å². The molecule has 0 atom stereocenters. The third-order valence-corrected chi connectivity index (χ3v) is 3.08. The molecule has 1 rings (SSSR count). The first kappa shape index (κ1) is 17.7. The van der Waals surface area contributed by atoms with Crippen molar-refractivity contribution in [3.8, 4) is 5.75 Å². The van der Waals surface area contributed by atoms with Crippen LogP contribution in [0.1, 0.15) is 25.0 Å². The standard InChI is InChI=1S/C13H15F3N2O4/c1-7-5-9(18(20)21)10(22-4)6-8(7)12(2,3)17-11(19)13(14,15)16/h5-6H,1-4H3,(H,17,19). The van der Waals surface area contributed by atoms with E-state index < -0.39 is 22.5 Å². The maximum absolute atomic E-state index is 12.4. The van der Waals surface area contributed by atoms with Crippen molar-refractivity contribution in [3.05, 3.63) is 33.4 Å². The lowest BCUT2D eigenvalue weighted by Gasteiger charge is -2.29. The van der Waals surface area contributed by atoms with Gasteiger partial charge in [-0.15, -0.1) is 0 Å². The van der Waals surface area contributed by atoms with Gasteiger partial charge in [0, 0.05) is 6.07 Å². The van der Waals surface area contributed by atoms with Crippen LogP contribution in [0.4, 0.5) is 18.9 Å². The van der Waals surface area contributed by atoms with Crippen LogP contribution in [0.5, 0.6) is 5.75 Å². The van der Waals surface area contributed by atoms with Crippen LogP contribution in [0.25, 0.3) is 0 Å². The molecule has 1 amide bonds. The number of nitro benzene ring substituents is 1. The molecule has 9 heteroatoms. The molecule has 0 aromatic heterocycles. The zero-order chi connectivity index (χ0) is 17.3. The van der Waals surface area contributed by atoms with Crippen LogP contribution in [0.15, 0.2) is 12.1 Å². The monoisotopic (exact) mass is 320 g/mol. The summed E-state index contributed by atoms with van der Waals surface area (Å²) in [4.78, 5) is 21.4. The summed E-state index contributed by atoms with van der Waals surface area (Å²) >= 11 is 0. The second-order valence-electron chi connectivity index (χ2n) is 5.17. The predicted octanol–water partition coefficient (Wildman–Crippen LogP) is 2.83. The van der Waals surface area contributed by atoms with Gasteiger partial charge in [-0.2, -0.15) is 13.2 Å². The van der Waals surface area contributed by atoms with E-state index in [1.165, 1.54) is 40.0 Å². The summed E-state index contributed by atoms with van der Waals surface area (Å²) in [5, 5.41) is 12.8. The Bertz CT molecular complexity index is 612. The number of halogens is 3. The van der Waals surface area contributed by atoms with Crippen molar-refractivity contribution in [3.63, 3.8) is 0 Å². The van der Waals surface area contributed by atoms with Crippen LogP contribution < -0.4 is 10.1 Å². The number of amides is 1. The highest BCUT2D eigenvalue weighted by molar-refractivity contribution is 5.82. The Labute approximate surface area is 124 Å². The van der Waals surface area contributed by atoms with Crippen molar-refractivity contribution in [2.24, 2.45) is 0 Å². The average Bonchev–Trinajstić information content (AvgIpc) is 2.36. The predicted molar refractivity (Wildman–Crippen MR) is 71.6 cm³/mol. The van der Waals surface area contributed by atoms with Gasteiger partial charge in [0.05, 0.1) is 17.6 Å². The van der Waals surface area contributed by atoms with E-state index in [4.69, 9.17) is 4.74 Å². The van der Waals surface area contributed by atoms with Gasteiger partial charge < -0.3 is 10.1 Å². The summed E-state index contributed by atoms with van der Waals surface area (Å²) in [6, 6.07) is 2.44. The lowest BCUT2D eigenvalue weighted by atomic mass is 9.89. The van der Waals surface area contributed by atoms with Gasteiger partial charge in [0.25, 0.3) is 0 Å². The number of alkyl halides is 3. The maximum atomic E-state index is 12.4. The molecule has 0 aliphatic heterocycles. The smallest absolute Gasteiger partial charge is 0.471 e. The normalized spacial score (nSPS) is 12.0. The zero-order valence-electron chi connectivity index (χ0n) is 12.4. The fraction of sp³-hybridized carbons (Fsp3) is 0.462. The van der Waals surface area contributed by atoms with Gasteiger partial charge in [-0.25, -0.2) is 0 Å². The van der Waals surface area contributed by atoms with Gasteiger partial charge in [-0.3, -0.25) is 14.9 Å². The number of nitrogens with one attached hydrogen (secondary N) is 1. The highest BCUT2D eigenvalue weighted by atomic mass is 19.4. The van der Waals surface area contributed by atoms with Crippen molar-refractivity contribution in [1.82, 2.24) is 5.32 Å². The van der Waals surface area contributed by atoms with E-state index in [2.05, 4.69) is 0 Å². The van der Waals surface area contributed by atoms with Crippen LogP contribution in [0, 0.1) is 17.0 Å². The van der Waals surface area contributed by atoms with Crippen molar-refractivity contribution < 1.29 is 27.6 Å². The quantitative estimate of drug-likeness (QED) is 0.683. The van der Waals surface area contributed by atoms with E-state index in [0.29, 0.717) is 5.56 Å². The minimum Gasteiger partial charge on any atom is -0.490 e. The molecular weight excluding hydrogens is 305 g/mol. The summed E-state index contributed by atoms with van der Waals surface area (Å²) in [5.74, 6) is -2.19. The molecule has 22 heavy (non-hydrogen) atoms. The first-order valence-corrected chi connectivity index (χ1v) is 6.13. The number of nitrogens with zero attached hydrogens (tertiary/aromatic N) is 1. The Morgan fingerprint density at radius 2 is 1.86 bits per heavy atom. The Kier molecular flexibility index (Phi) is 4.69. The summed E-state index contributed by atoms with van der Waals surface area (Å²) in [6.45, 7) is 4.23. The second kappa shape index (κ2) is 5.82. The van der Waals surface area contributed by atoms with E-state index >= 15 is 0 Å². The first-order valence-electron chi connectivity index (χ1n) is 6.13. The first-order chi connectivity index (χ1) is 9.90. The lowest BCUT2D eigenvalue weighted by molar-refractivity contribution is -0.385. The number of aryl methyl sites for hydroxylation is 1. The van der Waals surface area contributed by atoms with Crippen molar-refractivity contribution in [1.29, 1.82) is 0 Å². The van der Waals surface area contributed by atoms with Crippen LogP contribution >= 0.6 is 0 Å².